The summed E-state index contributed by atoms with van der Waals surface area (Å²) in [6.45, 7) is 4.46. The summed E-state index contributed by atoms with van der Waals surface area (Å²) < 4.78 is 59.2. The molecule has 0 bridgehead atoms. The Bertz CT molecular complexity index is 1480. The number of hydrogen-bond acceptors (Lipinski definition) is 14. The minimum atomic E-state index is -4.04. The van der Waals surface area contributed by atoms with Crippen molar-refractivity contribution in [3.63, 3.8) is 0 Å². The number of esters is 2. The highest BCUT2D eigenvalue weighted by Crippen LogP contribution is 2.49. The molecule has 2 aliphatic heterocycles. The summed E-state index contributed by atoms with van der Waals surface area (Å²) in [4.78, 5) is 26.8. The highest BCUT2D eigenvalue weighted by atomic mass is 35.5. The maximum atomic E-state index is 13.2. The van der Waals surface area contributed by atoms with Gasteiger partial charge in [-0.15, -0.1) is 0 Å². The van der Waals surface area contributed by atoms with Gasteiger partial charge >= 0.3 is 19.5 Å². The van der Waals surface area contributed by atoms with Crippen LogP contribution in [-0.4, -0.2) is 78.2 Å². The van der Waals surface area contributed by atoms with E-state index in [1.165, 1.54) is 0 Å². The first-order valence-corrected chi connectivity index (χ1v) is 16.6. The number of fused-ring (bicyclic) bond motifs is 2. The van der Waals surface area contributed by atoms with E-state index in [-0.39, 0.29) is 23.4 Å². The third-order valence-electron chi connectivity index (χ3n) is 7.59. The smallest absolute Gasteiger partial charge is 0.361 e. The number of aromatic nitrogens is 2. The molecule has 0 radical (unpaired) electrons. The number of nitrogens with zero attached hydrogens (tertiary/aromatic N) is 3. The summed E-state index contributed by atoms with van der Waals surface area (Å²) in [5, 5.41) is 14.2. The molecule has 0 aromatic carbocycles. The molecule has 17 heteroatoms. The number of rotatable bonds is 13. The van der Waals surface area contributed by atoms with Crippen LogP contribution in [0.3, 0.4) is 0 Å². The summed E-state index contributed by atoms with van der Waals surface area (Å²) in [5.74, 6) is -2.25. The molecule has 3 aliphatic rings. The van der Waals surface area contributed by atoms with E-state index in [1.807, 2.05) is 6.07 Å². The van der Waals surface area contributed by atoms with Crippen LogP contribution in [-0.2, 0) is 51.6 Å². The second kappa shape index (κ2) is 13.9. The zero-order valence-corrected chi connectivity index (χ0v) is 27.0. The van der Waals surface area contributed by atoms with Gasteiger partial charge in [0, 0.05) is 31.5 Å². The summed E-state index contributed by atoms with van der Waals surface area (Å²) in [6, 6.07) is 4.27. The van der Waals surface area contributed by atoms with Crippen molar-refractivity contribution in [2.45, 2.75) is 89.7 Å². The molecule has 45 heavy (non-hydrogen) atoms. The topological polar surface area (TPSA) is 179 Å². The maximum Gasteiger partial charge on any atom is 0.361 e. The van der Waals surface area contributed by atoms with Crippen molar-refractivity contribution in [1.82, 2.24) is 9.55 Å². The van der Waals surface area contributed by atoms with E-state index >= 15 is 0 Å². The van der Waals surface area contributed by atoms with Gasteiger partial charge in [-0.2, -0.15) is 5.26 Å². The van der Waals surface area contributed by atoms with E-state index in [2.05, 4.69) is 16.4 Å². The van der Waals surface area contributed by atoms with Crippen molar-refractivity contribution < 1.29 is 51.6 Å². The zero-order chi connectivity index (χ0) is 32.4. The molecule has 1 saturated carbocycles. The van der Waals surface area contributed by atoms with Crippen LogP contribution in [0.1, 0.15) is 65.2 Å². The third kappa shape index (κ3) is 7.78. The Hall–Kier alpha value is -2.80. The van der Waals surface area contributed by atoms with Crippen LogP contribution in [0.5, 0.6) is 0 Å². The van der Waals surface area contributed by atoms with Gasteiger partial charge in [0.05, 0.1) is 12.3 Å². The minimum absolute atomic E-state index is 0.0713. The lowest BCUT2D eigenvalue weighted by atomic mass is 10.1. The Labute approximate surface area is 264 Å². The molecule has 3 fully saturated rings. The molecule has 0 spiro atoms. The molecule has 246 valence electrons. The van der Waals surface area contributed by atoms with Crippen LogP contribution < -0.4 is 5.32 Å². The van der Waals surface area contributed by atoms with Crippen molar-refractivity contribution >= 4 is 47.9 Å². The van der Waals surface area contributed by atoms with Crippen LogP contribution in [0.25, 0.3) is 11.0 Å². The van der Waals surface area contributed by atoms with Crippen LogP contribution in [0.4, 0.5) is 5.69 Å². The van der Waals surface area contributed by atoms with Crippen LogP contribution in [0.2, 0.25) is 5.15 Å². The van der Waals surface area contributed by atoms with Gasteiger partial charge in [0.25, 0.3) is 0 Å². The quantitative estimate of drug-likeness (QED) is 0.135. The Balaban J connectivity index is 1.35. The summed E-state index contributed by atoms with van der Waals surface area (Å²) in [6.07, 6.45) is 2.88. The fourth-order valence-corrected chi connectivity index (χ4v) is 6.86. The van der Waals surface area contributed by atoms with Crippen LogP contribution >= 0.6 is 19.2 Å². The lowest BCUT2D eigenvalue weighted by molar-refractivity contribution is -0.201. The molecule has 0 unspecified atom stereocenters. The number of carbonyl (C=O) groups excluding carboxylic acids is 2. The molecule has 2 aromatic heterocycles. The molecule has 1 aliphatic carbocycles. The average molecular weight is 671 g/mol. The molecule has 15 nitrogen and oxygen atoms in total. The zero-order valence-electron chi connectivity index (χ0n) is 25.4. The number of pyridine rings is 1. The van der Waals surface area contributed by atoms with Crippen molar-refractivity contribution in [3.05, 3.63) is 23.0 Å². The van der Waals surface area contributed by atoms with Crippen LogP contribution in [0.15, 0.2) is 12.3 Å². The summed E-state index contributed by atoms with van der Waals surface area (Å²) >= 11 is 6.52. The standard InChI is InChI=1S/C28H36ClN4O11P/c1-16(34)38-13-40-45(36,41-14-39-17(2)35)15-37-12-21-23-24(44-28(3,4)43-23)27(42-21)33-10-9-19-22(31-18-7-5-6-8-18)20(11-30)25(29)32-26(19)33/h9-10,18,21,23-24,27H,5-8,12-15H2,1-4H3,(H,31,32)/t21-,23-,24-,27-/m1/s1. The SMILES string of the molecule is CC(=O)OCOP(=O)(COC[C@H]1O[C@@H](n2ccc3c(NC4CCCC4)c(C#N)c(Cl)nc32)[C@@H]2OC(C)(C)O[C@@H]21)OCOC(C)=O. The second-order valence-corrected chi connectivity index (χ2v) is 13.7. The van der Waals surface area contributed by atoms with Gasteiger partial charge in [-0.25, -0.2) is 4.98 Å². The fraction of sp³-hybridized carbons (Fsp3) is 0.643. The number of carbonyl (C=O) groups is 2. The molecular weight excluding hydrogens is 635 g/mol. The second-order valence-electron chi connectivity index (χ2n) is 11.4. The molecule has 5 rings (SSSR count). The molecule has 1 N–H and O–H groups in total. The lowest BCUT2D eigenvalue weighted by Crippen LogP contribution is -2.33. The Morgan fingerprint density at radius 2 is 1.80 bits per heavy atom. The van der Waals surface area contributed by atoms with Crippen molar-refractivity contribution in [1.29, 1.82) is 5.26 Å². The van der Waals surface area contributed by atoms with E-state index in [1.54, 1.807) is 24.6 Å². The fourth-order valence-electron chi connectivity index (χ4n) is 5.66. The predicted molar refractivity (Wildman–Crippen MR) is 157 cm³/mol. The first kappa shape index (κ1) is 33.6. The average Bonchev–Trinajstić information content (AvgIpc) is 3.73. The maximum absolute atomic E-state index is 13.2. The van der Waals surface area contributed by atoms with Gasteiger partial charge in [0.2, 0.25) is 13.6 Å². The number of hydrogen-bond donors (Lipinski definition) is 1. The van der Waals surface area contributed by atoms with E-state index in [4.69, 9.17) is 49.1 Å². The monoisotopic (exact) mass is 670 g/mol. The number of nitriles is 1. The van der Waals surface area contributed by atoms with Crippen molar-refractivity contribution in [2.75, 3.05) is 31.9 Å². The Morgan fingerprint density at radius 1 is 1.16 bits per heavy atom. The summed E-state index contributed by atoms with van der Waals surface area (Å²) in [7, 11) is -4.04. The molecule has 2 aromatic rings. The molecule has 4 heterocycles. The van der Waals surface area contributed by atoms with Gasteiger partial charge in [-0.05, 0) is 32.8 Å². The third-order valence-corrected chi connectivity index (χ3v) is 9.36. The number of ether oxygens (including phenoxy) is 6. The van der Waals surface area contributed by atoms with E-state index < -0.39 is 69.8 Å². The molecular formula is C28H36ClN4O11P. The highest BCUT2D eigenvalue weighted by Gasteiger charge is 2.56. The van der Waals surface area contributed by atoms with Gasteiger partial charge in [0.15, 0.2) is 17.2 Å². The van der Waals surface area contributed by atoms with Gasteiger partial charge in [0.1, 0.15) is 41.9 Å². The molecule has 4 atom stereocenters. The number of nitrogens with one attached hydrogen (secondary N) is 1. The van der Waals surface area contributed by atoms with E-state index in [0.717, 1.165) is 44.9 Å². The number of anilines is 1. The van der Waals surface area contributed by atoms with E-state index in [9.17, 15) is 19.4 Å². The van der Waals surface area contributed by atoms with Crippen molar-refractivity contribution in [3.8, 4) is 6.07 Å². The first-order valence-electron chi connectivity index (χ1n) is 14.5. The van der Waals surface area contributed by atoms with Crippen LogP contribution in [0, 0.1) is 11.3 Å². The molecule has 2 saturated heterocycles. The lowest BCUT2D eigenvalue weighted by Gasteiger charge is -2.25. The summed E-state index contributed by atoms with van der Waals surface area (Å²) in [5.41, 5.74) is 1.42. The first-order chi connectivity index (χ1) is 21.4. The Kier molecular flexibility index (Phi) is 10.4. The highest BCUT2D eigenvalue weighted by molar-refractivity contribution is 7.53. The van der Waals surface area contributed by atoms with E-state index in [0.29, 0.717) is 11.3 Å². The van der Waals surface area contributed by atoms with Gasteiger partial charge in [-0.3, -0.25) is 23.2 Å². The largest absolute Gasteiger partial charge is 0.438 e. The van der Waals surface area contributed by atoms with Crippen molar-refractivity contribution in [2.24, 2.45) is 0 Å². The normalized spacial score (nSPS) is 24.4. The van der Waals surface area contributed by atoms with Gasteiger partial charge < -0.3 is 38.3 Å². The predicted octanol–water partition coefficient (Wildman–Crippen LogP) is 4.57. The molecule has 0 amide bonds. The number of halogens is 1. The minimum Gasteiger partial charge on any atom is -0.438 e. The van der Waals surface area contributed by atoms with Gasteiger partial charge in [-0.1, -0.05) is 24.4 Å². The Morgan fingerprint density at radius 3 is 2.42 bits per heavy atom.